The van der Waals surface area contributed by atoms with Crippen LogP contribution in [0, 0.1) is 6.92 Å². The number of amides is 1. The highest BCUT2D eigenvalue weighted by atomic mass is 32.1. The minimum absolute atomic E-state index is 0.150. The lowest BCUT2D eigenvalue weighted by Gasteiger charge is -2.25. The van der Waals surface area contributed by atoms with Gasteiger partial charge >= 0.3 is 0 Å². The highest BCUT2D eigenvalue weighted by molar-refractivity contribution is 7.13. The van der Waals surface area contributed by atoms with Crippen molar-refractivity contribution >= 4 is 17.2 Å². The van der Waals surface area contributed by atoms with Crippen molar-refractivity contribution in [3.63, 3.8) is 0 Å². The Kier molecular flexibility index (Phi) is 5.36. The van der Waals surface area contributed by atoms with Crippen LogP contribution in [-0.2, 0) is 17.9 Å². The summed E-state index contributed by atoms with van der Waals surface area (Å²) in [6.45, 7) is 4.29. The van der Waals surface area contributed by atoms with E-state index in [0.29, 0.717) is 18.9 Å². The molecule has 0 spiro atoms. The molecular weight excluding hydrogens is 358 g/mol. The van der Waals surface area contributed by atoms with E-state index in [1.165, 1.54) is 5.56 Å². The van der Waals surface area contributed by atoms with E-state index in [9.17, 15) is 4.79 Å². The van der Waals surface area contributed by atoms with Crippen molar-refractivity contribution < 1.29 is 9.21 Å². The molecular formula is C21H23N3O2S. The molecule has 3 heterocycles. The number of nitrogens with one attached hydrogen (secondary N) is 1. The first-order chi connectivity index (χ1) is 13.2. The molecule has 5 nitrogen and oxygen atoms in total. The minimum atomic E-state index is 0.150. The molecule has 1 atom stereocenters. The average Bonchev–Trinajstić information content (AvgIpc) is 3.39. The van der Waals surface area contributed by atoms with Crippen LogP contribution in [0.25, 0.3) is 10.8 Å². The van der Waals surface area contributed by atoms with Crippen LogP contribution in [0.3, 0.4) is 0 Å². The number of benzene rings is 1. The minimum Gasteiger partial charge on any atom is -0.440 e. The van der Waals surface area contributed by atoms with Crippen molar-refractivity contribution in [1.82, 2.24) is 15.2 Å². The lowest BCUT2D eigenvalue weighted by atomic mass is 10.1. The monoisotopic (exact) mass is 381 g/mol. The molecule has 1 aromatic carbocycles. The summed E-state index contributed by atoms with van der Waals surface area (Å²) in [7, 11) is 0. The summed E-state index contributed by atoms with van der Waals surface area (Å²) in [6.07, 6.45) is 1.51. The highest BCUT2D eigenvalue weighted by Crippen LogP contribution is 2.27. The Morgan fingerprint density at radius 2 is 2.07 bits per heavy atom. The van der Waals surface area contributed by atoms with Gasteiger partial charge in [0.1, 0.15) is 5.76 Å². The number of oxazole rings is 1. The van der Waals surface area contributed by atoms with Gasteiger partial charge < -0.3 is 9.73 Å². The molecule has 1 amide bonds. The summed E-state index contributed by atoms with van der Waals surface area (Å²) < 4.78 is 5.90. The number of aromatic nitrogens is 1. The second-order valence-electron chi connectivity index (χ2n) is 6.96. The van der Waals surface area contributed by atoms with E-state index in [1.54, 1.807) is 11.3 Å². The van der Waals surface area contributed by atoms with Crippen LogP contribution < -0.4 is 5.32 Å². The van der Waals surface area contributed by atoms with E-state index in [0.717, 1.165) is 35.8 Å². The van der Waals surface area contributed by atoms with E-state index in [2.05, 4.69) is 34.5 Å². The molecule has 0 radical (unpaired) electrons. The van der Waals surface area contributed by atoms with Crippen molar-refractivity contribution in [3.8, 4) is 10.8 Å². The molecule has 27 heavy (non-hydrogen) atoms. The smallest absolute Gasteiger partial charge is 0.236 e. The van der Waals surface area contributed by atoms with Gasteiger partial charge in [0.05, 0.1) is 10.6 Å². The maximum atomic E-state index is 11.6. The van der Waals surface area contributed by atoms with Crippen LogP contribution >= 0.6 is 11.3 Å². The number of thiophene rings is 1. The number of nitrogens with zero attached hydrogens (tertiary/aromatic N) is 2. The van der Waals surface area contributed by atoms with E-state index in [4.69, 9.17) is 9.40 Å². The molecule has 0 saturated carbocycles. The zero-order valence-electron chi connectivity index (χ0n) is 15.4. The van der Waals surface area contributed by atoms with E-state index < -0.39 is 0 Å². The molecule has 0 bridgehead atoms. The third-order valence-corrected chi connectivity index (χ3v) is 5.67. The lowest BCUT2D eigenvalue weighted by Crippen LogP contribution is -2.38. The highest BCUT2D eigenvalue weighted by Gasteiger charge is 2.24. The number of hydrogen-bond acceptors (Lipinski definition) is 5. The zero-order valence-corrected chi connectivity index (χ0v) is 16.2. The molecule has 0 unspecified atom stereocenters. The van der Waals surface area contributed by atoms with Gasteiger partial charge in [0.15, 0.2) is 0 Å². The van der Waals surface area contributed by atoms with E-state index in [-0.39, 0.29) is 11.9 Å². The van der Waals surface area contributed by atoms with Crippen molar-refractivity contribution in [2.45, 2.75) is 38.9 Å². The van der Waals surface area contributed by atoms with Gasteiger partial charge in [0.2, 0.25) is 11.8 Å². The van der Waals surface area contributed by atoms with Crippen LogP contribution in [0.2, 0.25) is 0 Å². The van der Waals surface area contributed by atoms with Gasteiger partial charge in [0, 0.05) is 32.1 Å². The summed E-state index contributed by atoms with van der Waals surface area (Å²) in [4.78, 5) is 19.7. The molecule has 1 fully saturated rings. The topological polar surface area (TPSA) is 58.4 Å². The van der Waals surface area contributed by atoms with Crippen LogP contribution in [0.5, 0.6) is 0 Å². The second-order valence-corrected chi connectivity index (χ2v) is 7.91. The van der Waals surface area contributed by atoms with Gasteiger partial charge in [-0.2, -0.15) is 0 Å². The zero-order chi connectivity index (χ0) is 18.6. The number of aryl methyl sites for hydroxylation is 1. The number of hydrogen-bond donors (Lipinski definition) is 1. The summed E-state index contributed by atoms with van der Waals surface area (Å²) in [6, 6.07) is 14.6. The summed E-state index contributed by atoms with van der Waals surface area (Å²) in [5, 5.41) is 5.10. The molecule has 3 aromatic rings. The van der Waals surface area contributed by atoms with Crippen LogP contribution in [0.15, 0.2) is 52.3 Å². The van der Waals surface area contributed by atoms with Gasteiger partial charge in [-0.3, -0.25) is 9.69 Å². The normalized spacial score (nSPS) is 16.8. The Morgan fingerprint density at radius 3 is 2.78 bits per heavy atom. The molecule has 4 rings (SSSR count). The first-order valence-corrected chi connectivity index (χ1v) is 10.1. The van der Waals surface area contributed by atoms with Crippen molar-refractivity contribution in [2.24, 2.45) is 0 Å². The first kappa shape index (κ1) is 17.9. The van der Waals surface area contributed by atoms with Crippen LogP contribution in [-0.4, -0.2) is 28.4 Å². The van der Waals surface area contributed by atoms with Crippen LogP contribution in [0.4, 0.5) is 0 Å². The summed E-state index contributed by atoms with van der Waals surface area (Å²) >= 11 is 1.63. The van der Waals surface area contributed by atoms with Gasteiger partial charge in [-0.15, -0.1) is 11.3 Å². The number of carbonyl (C=O) groups is 1. The molecule has 140 valence electrons. The van der Waals surface area contributed by atoms with Crippen LogP contribution in [0.1, 0.15) is 29.9 Å². The van der Waals surface area contributed by atoms with E-state index in [1.807, 2.05) is 30.5 Å². The molecule has 6 heteroatoms. The Labute approximate surface area is 163 Å². The third kappa shape index (κ3) is 4.46. The fourth-order valence-corrected chi connectivity index (χ4v) is 4.09. The van der Waals surface area contributed by atoms with Crippen molar-refractivity contribution in [3.05, 3.63) is 64.9 Å². The molecule has 2 aromatic heterocycles. The van der Waals surface area contributed by atoms with Gasteiger partial charge in [-0.05, 0) is 30.4 Å². The van der Waals surface area contributed by atoms with Gasteiger partial charge in [0.25, 0.3) is 0 Å². The first-order valence-electron chi connectivity index (χ1n) is 9.23. The maximum Gasteiger partial charge on any atom is 0.236 e. The maximum absolute atomic E-state index is 11.6. The standard InChI is InChI=1S/C21H23N3O2S/c1-15-18(23-21(26-15)19-8-5-11-27-19)14-24(12-16-6-3-2-4-7-16)13-17-9-10-20(25)22-17/h2-8,11,17H,9-10,12-14H2,1H3,(H,22,25)/t17-/m0/s1. The number of rotatable bonds is 7. The predicted octanol–water partition coefficient (Wildman–Crippen LogP) is 3.99. The number of carbonyl (C=O) groups excluding carboxylic acids is 1. The Bertz CT molecular complexity index is 890. The van der Waals surface area contributed by atoms with Gasteiger partial charge in [-0.25, -0.2) is 4.98 Å². The second kappa shape index (κ2) is 8.06. The fraction of sp³-hybridized carbons (Fsp3) is 0.333. The van der Waals surface area contributed by atoms with Gasteiger partial charge in [-0.1, -0.05) is 36.4 Å². The average molecular weight is 382 g/mol. The quantitative estimate of drug-likeness (QED) is 0.672. The van der Waals surface area contributed by atoms with Crippen molar-refractivity contribution in [2.75, 3.05) is 6.54 Å². The molecule has 1 N–H and O–H groups in total. The SMILES string of the molecule is Cc1oc(-c2cccs2)nc1CN(Cc1ccccc1)C[C@@H]1CCC(=O)N1. The molecule has 0 aliphatic carbocycles. The predicted molar refractivity (Wildman–Crippen MR) is 106 cm³/mol. The Morgan fingerprint density at radius 1 is 1.22 bits per heavy atom. The third-order valence-electron chi connectivity index (χ3n) is 4.81. The summed E-state index contributed by atoms with van der Waals surface area (Å²) in [5.41, 5.74) is 2.21. The lowest BCUT2D eigenvalue weighted by molar-refractivity contribution is -0.119. The fourth-order valence-electron chi connectivity index (χ4n) is 3.44. The molecule has 1 aliphatic heterocycles. The molecule has 1 saturated heterocycles. The largest absolute Gasteiger partial charge is 0.440 e. The summed E-state index contributed by atoms with van der Waals surface area (Å²) in [5.74, 6) is 1.69. The molecule has 1 aliphatic rings. The van der Waals surface area contributed by atoms with E-state index >= 15 is 0 Å². The van der Waals surface area contributed by atoms with Crippen molar-refractivity contribution in [1.29, 1.82) is 0 Å². The Balaban J connectivity index is 1.52. The Hall–Kier alpha value is -2.44.